The largest absolute Gasteiger partial charge is 0.508 e. The Bertz CT molecular complexity index is 1950. The number of anilines is 4. The number of benzene rings is 4. The van der Waals surface area contributed by atoms with E-state index in [4.69, 9.17) is 10.2 Å². The van der Waals surface area contributed by atoms with E-state index >= 15 is 4.79 Å². The van der Waals surface area contributed by atoms with Gasteiger partial charge in [-0.25, -0.2) is 9.36 Å². The summed E-state index contributed by atoms with van der Waals surface area (Å²) >= 11 is 0. The molecule has 0 atom stereocenters. The molecule has 2 aliphatic rings. The molecule has 0 amide bonds. The number of aromatic nitrogens is 4. The Morgan fingerprint density at radius 2 is 0.820 bits per heavy atom. The van der Waals surface area contributed by atoms with E-state index < -0.39 is 0 Å². The van der Waals surface area contributed by atoms with Gasteiger partial charge in [0.15, 0.2) is 0 Å². The highest BCUT2D eigenvalue weighted by atomic mass is 16.3. The Labute approximate surface area is 290 Å². The lowest BCUT2D eigenvalue weighted by atomic mass is 10.1. The molecule has 252 valence electrons. The molecule has 4 heterocycles. The molecular weight excluding hydrogens is 628 g/mol. The molecule has 2 fully saturated rings. The Morgan fingerprint density at radius 1 is 0.460 bits per heavy atom. The first kappa shape index (κ1) is 31.1. The molecular formula is C39H38N8O3. The normalized spacial score (nSPS) is 15.0. The van der Waals surface area contributed by atoms with Crippen LogP contribution < -0.4 is 19.6 Å². The van der Waals surface area contributed by atoms with Crippen molar-refractivity contribution in [3.05, 3.63) is 133 Å². The van der Waals surface area contributed by atoms with Crippen molar-refractivity contribution in [2.24, 2.45) is 0 Å². The number of hydrogen-bond donors (Lipinski definition) is 2. The maximum absolute atomic E-state index is 15.3. The highest BCUT2D eigenvalue weighted by Crippen LogP contribution is 2.33. The first-order chi connectivity index (χ1) is 24.5. The number of carbonyl (C=O) groups is 1. The first-order valence-corrected chi connectivity index (χ1v) is 16.9. The van der Waals surface area contributed by atoms with Crippen molar-refractivity contribution >= 4 is 28.5 Å². The van der Waals surface area contributed by atoms with Gasteiger partial charge in [0.1, 0.15) is 22.9 Å². The number of nitrogens with zero attached hydrogens (tertiary/aromatic N) is 8. The third-order valence-electron chi connectivity index (χ3n) is 9.56. The highest BCUT2D eigenvalue weighted by molar-refractivity contribution is 6.14. The van der Waals surface area contributed by atoms with E-state index in [0.717, 1.165) is 60.3 Å². The highest BCUT2D eigenvalue weighted by Gasteiger charge is 2.33. The molecule has 0 aliphatic carbocycles. The maximum atomic E-state index is 15.3. The SMILES string of the molecule is O=C(c1c(N2CCN(c3cccc(O)c3)CC2)cnn1-c1ccccc1)c1c(N2CCN(c3cccc(O)c3)CC2)cnn1-c1ccccc1. The summed E-state index contributed by atoms with van der Waals surface area (Å²) in [6.45, 7) is 5.62. The molecule has 4 aromatic carbocycles. The van der Waals surface area contributed by atoms with Crippen LogP contribution in [0.1, 0.15) is 16.2 Å². The fourth-order valence-electron chi connectivity index (χ4n) is 7.00. The van der Waals surface area contributed by atoms with Gasteiger partial charge in [-0.15, -0.1) is 0 Å². The zero-order chi connectivity index (χ0) is 34.0. The van der Waals surface area contributed by atoms with E-state index in [-0.39, 0.29) is 17.3 Å². The summed E-state index contributed by atoms with van der Waals surface area (Å²) in [6, 6.07) is 34.2. The summed E-state index contributed by atoms with van der Waals surface area (Å²) < 4.78 is 3.51. The molecule has 2 N–H and O–H groups in total. The molecule has 11 heteroatoms. The van der Waals surface area contributed by atoms with Crippen LogP contribution in [-0.4, -0.2) is 87.9 Å². The molecule has 2 aliphatic heterocycles. The van der Waals surface area contributed by atoms with Crippen molar-refractivity contribution in [1.82, 2.24) is 19.6 Å². The first-order valence-electron chi connectivity index (χ1n) is 16.9. The lowest BCUT2D eigenvalue weighted by molar-refractivity contribution is 0.102. The number of aromatic hydroxyl groups is 2. The fraction of sp³-hybridized carbons (Fsp3) is 0.205. The summed E-state index contributed by atoms with van der Waals surface area (Å²) in [7, 11) is 0. The van der Waals surface area contributed by atoms with Crippen molar-refractivity contribution in [3.8, 4) is 22.9 Å². The summed E-state index contributed by atoms with van der Waals surface area (Å²) in [6.07, 6.45) is 3.61. The number of carbonyl (C=O) groups excluding carboxylic acids is 1. The van der Waals surface area contributed by atoms with Crippen molar-refractivity contribution in [2.75, 3.05) is 72.0 Å². The number of piperazine rings is 2. The van der Waals surface area contributed by atoms with E-state index in [0.29, 0.717) is 37.6 Å². The fourth-order valence-corrected chi connectivity index (χ4v) is 7.00. The van der Waals surface area contributed by atoms with Crippen LogP contribution in [0, 0.1) is 0 Å². The number of phenolic OH excluding ortho intramolecular Hbond substituents is 2. The second kappa shape index (κ2) is 13.3. The molecule has 2 saturated heterocycles. The minimum atomic E-state index is -0.163. The molecule has 0 saturated carbocycles. The third-order valence-corrected chi connectivity index (χ3v) is 9.56. The summed E-state index contributed by atoms with van der Waals surface area (Å²) in [4.78, 5) is 24.2. The quantitative estimate of drug-likeness (QED) is 0.208. The number of rotatable bonds is 8. The van der Waals surface area contributed by atoms with Gasteiger partial charge in [-0.2, -0.15) is 10.2 Å². The van der Waals surface area contributed by atoms with Gasteiger partial charge in [-0.05, 0) is 48.5 Å². The second-order valence-corrected chi connectivity index (χ2v) is 12.6. The predicted molar refractivity (Wildman–Crippen MR) is 196 cm³/mol. The molecule has 0 radical (unpaired) electrons. The van der Waals surface area contributed by atoms with Crippen LogP contribution >= 0.6 is 0 Å². The average Bonchev–Trinajstić information content (AvgIpc) is 3.82. The monoisotopic (exact) mass is 666 g/mol. The maximum Gasteiger partial charge on any atom is 0.234 e. The lowest BCUT2D eigenvalue weighted by Crippen LogP contribution is -2.47. The Kier molecular flexibility index (Phi) is 8.29. The van der Waals surface area contributed by atoms with Gasteiger partial charge in [0.2, 0.25) is 5.78 Å². The summed E-state index contributed by atoms with van der Waals surface area (Å²) in [5.41, 5.74) is 6.06. The summed E-state index contributed by atoms with van der Waals surface area (Å²) in [5, 5.41) is 29.8. The van der Waals surface area contributed by atoms with Crippen LogP contribution in [-0.2, 0) is 0 Å². The zero-order valence-electron chi connectivity index (χ0n) is 27.6. The van der Waals surface area contributed by atoms with Crippen molar-refractivity contribution in [2.45, 2.75) is 0 Å². The molecule has 2 aromatic heterocycles. The number of ketones is 1. The predicted octanol–water partition coefficient (Wildman–Crippen LogP) is 5.35. The standard InChI is InChI=1S/C39H38N8O3/c48-33-15-7-13-31(25-33)42-17-21-44(22-18-42)35-27-40-46(29-9-3-1-4-10-29)37(35)39(50)38-36(28-41-47(38)30-11-5-2-6-12-30)45-23-19-43(20-24-45)32-14-8-16-34(49)26-32/h1-16,25-28,48-49H,17-24H2. The van der Waals surface area contributed by atoms with E-state index in [1.54, 1.807) is 46.0 Å². The molecule has 6 aromatic rings. The van der Waals surface area contributed by atoms with Crippen LogP contribution in [0.2, 0.25) is 0 Å². The van der Waals surface area contributed by atoms with Crippen molar-refractivity contribution in [1.29, 1.82) is 0 Å². The van der Waals surface area contributed by atoms with E-state index in [9.17, 15) is 10.2 Å². The topological polar surface area (TPSA) is 106 Å². The van der Waals surface area contributed by atoms with Gasteiger partial charge in [0.25, 0.3) is 0 Å². The van der Waals surface area contributed by atoms with Crippen LogP contribution in [0.25, 0.3) is 11.4 Å². The van der Waals surface area contributed by atoms with Gasteiger partial charge in [-0.1, -0.05) is 48.5 Å². The van der Waals surface area contributed by atoms with Crippen LogP contribution in [0.15, 0.2) is 122 Å². The molecule has 8 rings (SSSR count). The number of hydrogen-bond acceptors (Lipinski definition) is 9. The van der Waals surface area contributed by atoms with Gasteiger partial charge < -0.3 is 29.8 Å². The van der Waals surface area contributed by atoms with Crippen LogP contribution in [0.5, 0.6) is 11.5 Å². The summed E-state index contributed by atoms with van der Waals surface area (Å²) in [5.74, 6) is 0.325. The minimum absolute atomic E-state index is 0.163. The number of phenols is 2. The Balaban J connectivity index is 1.16. The van der Waals surface area contributed by atoms with E-state index in [1.165, 1.54) is 0 Å². The van der Waals surface area contributed by atoms with Gasteiger partial charge in [0, 0.05) is 75.9 Å². The average molecular weight is 667 g/mol. The minimum Gasteiger partial charge on any atom is -0.508 e. The van der Waals surface area contributed by atoms with Crippen molar-refractivity contribution in [3.63, 3.8) is 0 Å². The molecule has 0 spiro atoms. The Hall–Kier alpha value is -6.23. The third kappa shape index (κ3) is 5.98. The van der Waals surface area contributed by atoms with Crippen LogP contribution in [0.3, 0.4) is 0 Å². The van der Waals surface area contributed by atoms with Crippen molar-refractivity contribution < 1.29 is 15.0 Å². The zero-order valence-corrected chi connectivity index (χ0v) is 27.6. The Morgan fingerprint density at radius 3 is 1.20 bits per heavy atom. The van der Waals surface area contributed by atoms with Gasteiger partial charge in [-0.3, -0.25) is 4.79 Å². The molecule has 50 heavy (non-hydrogen) atoms. The lowest BCUT2D eigenvalue weighted by Gasteiger charge is -2.37. The molecule has 11 nitrogen and oxygen atoms in total. The number of para-hydroxylation sites is 2. The van der Waals surface area contributed by atoms with E-state index in [2.05, 4.69) is 19.6 Å². The van der Waals surface area contributed by atoms with Gasteiger partial charge in [0.05, 0.1) is 35.1 Å². The second-order valence-electron chi connectivity index (χ2n) is 12.6. The molecule has 0 unspecified atom stereocenters. The van der Waals surface area contributed by atoms with Gasteiger partial charge >= 0.3 is 0 Å². The molecule has 0 bridgehead atoms. The smallest absolute Gasteiger partial charge is 0.234 e. The van der Waals surface area contributed by atoms with Crippen LogP contribution in [0.4, 0.5) is 22.7 Å². The van der Waals surface area contributed by atoms with E-state index in [1.807, 2.05) is 84.9 Å².